The van der Waals surface area contributed by atoms with Gasteiger partial charge in [0.1, 0.15) is 9.84 Å². The van der Waals surface area contributed by atoms with Gasteiger partial charge in [-0.3, -0.25) is 4.79 Å². The number of rotatable bonds is 3. The van der Waals surface area contributed by atoms with Crippen LogP contribution in [-0.2, 0) is 16.4 Å². The Morgan fingerprint density at radius 2 is 2.05 bits per heavy atom. The number of pyridine rings is 1. The second kappa shape index (κ2) is 5.00. The van der Waals surface area contributed by atoms with Gasteiger partial charge in [0.05, 0.1) is 5.75 Å². The normalized spacial score (nSPS) is 26.2. The first-order valence-electron chi connectivity index (χ1n) is 7.02. The van der Waals surface area contributed by atoms with Crippen molar-refractivity contribution in [2.45, 2.75) is 18.9 Å². The van der Waals surface area contributed by atoms with Gasteiger partial charge < -0.3 is 9.47 Å². The van der Waals surface area contributed by atoms with Gasteiger partial charge in [-0.1, -0.05) is 6.07 Å². The van der Waals surface area contributed by atoms with Crippen LogP contribution in [0.4, 0.5) is 0 Å². The molecule has 0 amide bonds. The minimum Gasteiger partial charge on any atom is -0.312 e. The Morgan fingerprint density at radius 1 is 1.25 bits per heavy atom. The van der Waals surface area contributed by atoms with Crippen molar-refractivity contribution in [3.8, 4) is 0 Å². The van der Waals surface area contributed by atoms with Crippen molar-refractivity contribution in [2.24, 2.45) is 5.92 Å². The maximum atomic E-state index is 11.9. The van der Waals surface area contributed by atoms with Gasteiger partial charge in [-0.05, 0) is 18.4 Å². The van der Waals surface area contributed by atoms with E-state index in [9.17, 15) is 13.2 Å². The van der Waals surface area contributed by atoms with Gasteiger partial charge in [-0.15, -0.1) is 0 Å². The molecular weight excluding hydrogens is 276 g/mol. The van der Waals surface area contributed by atoms with Crippen LogP contribution >= 0.6 is 0 Å². The summed E-state index contributed by atoms with van der Waals surface area (Å²) in [5, 5.41) is 0. The van der Waals surface area contributed by atoms with Crippen LogP contribution < -0.4 is 5.56 Å². The zero-order chi connectivity index (χ0) is 14.3. The summed E-state index contributed by atoms with van der Waals surface area (Å²) in [5.41, 5.74) is 1.19. The third kappa shape index (κ3) is 2.81. The highest BCUT2D eigenvalue weighted by Gasteiger charge is 2.34. The average Bonchev–Trinajstić information content (AvgIpc) is 2.37. The second-order valence-corrected chi connectivity index (χ2v) is 8.35. The van der Waals surface area contributed by atoms with Gasteiger partial charge in [0.2, 0.25) is 0 Å². The summed E-state index contributed by atoms with van der Waals surface area (Å²) in [6, 6.07) is 5.47. The predicted octanol–water partition coefficient (Wildman–Crippen LogP) is 0.312. The van der Waals surface area contributed by atoms with E-state index in [0.29, 0.717) is 18.4 Å². The molecule has 0 N–H and O–H groups in total. The summed E-state index contributed by atoms with van der Waals surface area (Å²) in [4.78, 5) is 14.1. The van der Waals surface area contributed by atoms with Gasteiger partial charge in [-0.25, -0.2) is 8.42 Å². The molecule has 1 saturated heterocycles. The third-order valence-corrected chi connectivity index (χ3v) is 5.26. The predicted molar refractivity (Wildman–Crippen MR) is 77.7 cm³/mol. The summed E-state index contributed by atoms with van der Waals surface area (Å²) in [6.45, 7) is 3.12. The monoisotopic (exact) mass is 296 g/mol. The number of likely N-dealkylation sites (tertiary alicyclic amines) is 1. The lowest BCUT2D eigenvalue weighted by molar-refractivity contribution is 0.126. The number of hydrogen-bond donors (Lipinski definition) is 0. The summed E-state index contributed by atoms with van der Waals surface area (Å²) in [7, 11) is -2.91. The molecule has 2 aliphatic rings. The first-order chi connectivity index (χ1) is 9.42. The molecule has 1 aromatic rings. The van der Waals surface area contributed by atoms with Gasteiger partial charge in [0.25, 0.3) is 5.56 Å². The molecule has 0 unspecified atom stereocenters. The van der Waals surface area contributed by atoms with E-state index < -0.39 is 9.84 Å². The van der Waals surface area contributed by atoms with Gasteiger partial charge >= 0.3 is 0 Å². The van der Waals surface area contributed by atoms with E-state index in [1.165, 1.54) is 6.26 Å². The molecule has 110 valence electrons. The minimum atomic E-state index is -2.91. The van der Waals surface area contributed by atoms with E-state index in [4.69, 9.17) is 0 Å². The average molecular weight is 296 g/mol. The zero-order valence-corrected chi connectivity index (χ0v) is 12.5. The van der Waals surface area contributed by atoms with Crippen LogP contribution in [0.1, 0.15) is 18.0 Å². The number of hydrogen-bond acceptors (Lipinski definition) is 4. The Bertz CT molecular complexity index is 665. The molecule has 2 aliphatic heterocycles. The molecule has 2 bridgehead atoms. The topological polar surface area (TPSA) is 59.4 Å². The first kappa shape index (κ1) is 13.8. The molecule has 0 aromatic carbocycles. The van der Waals surface area contributed by atoms with Crippen molar-refractivity contribution in [2.75, 3.05) is 31.6 Å². The molecule has 2 atom stereocenters. The number of aromatic nitrogens is 1. The lowest BCUT2D eigenvalue weighted by atomic mass is 9.83. The van der Waals surface area contributed by atoms with Crippen LogP contribution in [0.3, 0.4) is 0 Å². The lowest BCUT2D eigenvalue weighted by Crippen LogP contribution is -2.48. The van der Waals surface area contributed by atoms with Crippen LogP contribution in [0.25, 0.3) is 0 Å². The number of sulfone groups is 1. The Labute approximate surface area is 119 Å². The van der Waals surface area contributed by atoms with Gasteiger partial charge in [0.15, 0.2) is 0 Å². The molecule has 5 nitrogen and oxygen atoms in total. The van der Waals surface area contributed by atoms with Crippen LogP contribution in [0.15, 0.2) is 23.0 Å². The fourth-order valence-corrected chi connectivity index (χ4v) is 4.06. The summed E-state index contributed by atoms with van der Waals surface area (Å²) in [6.07, 6.45) is 2.39. The number of nitrogens with zero attached hydrogens (tertiary/aromatic N) is 2. The van der Waals surface area contributed by atoms with Crippen molar-refractivity contribution < 1.29 is 8.42 Å². The molecule has 3 heterocycles. The molecule has 0 saturated carbocycles. The first-order valence-corrected chi connectivity index (χ1v) is 9.08. The molecule has 0 spiro atoms. The van der Waals surface area contributed by atoms with E-state index >= 15 is 0 Å². The van der Waals surface area contributed by atoms with E-state index in [1.54, 1.807) is 6.07 Å². The van der Waals surface area contributed by atoms with Crippen molar-refractivity contribution in [3.05, 3.63) is 34.2 Å². The van der Waals surface area contributed by atoms with Crippen molar-refractivity contribution in [1.82, 2.24) is 9.47 Å². The van der Waals surface area contributed by atoms with Gasteiger partial charge in [-0.2, -0.15) is 0 Å². The molecule has 1 fully saturated rings. The van der Waals surface area contributed by atoms with E-state index in [-0.39, 0.29) is 11.3 Å². The SMILES string of the molecule is CS(=O)(=O)CCN1C[C@@H]2C[C@H](C1)c1cccc(=O)n1C2. The quantitative estimate of drug-likeness (QED) is 0.805. The zero-order valence-electron chi connectivity index (χ0n) is 11.7. The Kier molecular flexibility index (Phi) is 3.46. The maximum Gasteiger partial charge on any atom is 0.250 e. The van der Waals surface area contributed by atoms with Gasteiger partial charge in [0, 0.05) is 50.1 Å². The largest absolute Gasteiger partial charge is 0.312 e. The van der Waals surface area contributed by atoms with E-state index in [2.05, 4.69) is 4.90 Å². The van der Waals surface area contributed by atoms with E-state index in [0.717, 1.165) is 31.7 Å². The minimum absolute atomic E-state index is 0.0850. The third-order valence-electron chi connectivity index (χ3n) is 4.33. The highest BCUT2D eigenvalue weighted by Crippen LogP contribution is 2.34. The van der Waals surface area contributed by atoms with Crippen LogP contribution in [0.5, 0.6) is 0 Å². The number of fused-ring (bicyclic) bond motifs is 4. The molecule has 0 radical (unpaired) electrons. The molecular formula is C14H20N2O3S. The standard InChI is InChI=1S/C14H20N2O3S/c1-20(18,19)6-5-15-8-11-7-12(10-15)13-3-2-4-14(17)16(13)9-11/h2-4,11-12H,5-10H2,1H3/t11-,12+/m0/s1. The molecule has 20 heavy (non-hydrogen) atoms. The van der Waals surface area contributed by atoms with Crippen LogP contribution in [-0.4, -0.2) is 49.5 Å². The van der Waals surface area contributed by atoms with Crippen molar-refractivity contribution in [1.29, 1.82) is 0 Å². The summed E-state index contributed by atoms with van der Waals surface area (Å²) in [5.74, 6) is 1.03. The molecule has 1 aromatic heterocycles. The smallest absolute Gasteiger partial charge is 0.250 e. The Hall–Kier alpha value is -1.14. The fraction of sp³-hybridized carbons (Fsp3) is 0.643. The van der Waals surface area contributed by atoms with Crippen molar-refractivity contribution >= 4 is 9.84 Å². The molecule has 3 rings (SSSR count). The van der Waals surface area contributed by atoms with E-state index in [1.807, 2.05) is 16.7 Å². The Balaban J connectivity index is 1.79. The Morgan fingerprint density at radius 3 is 2.80 bits per heavy atom. The highest BCUT2D eigenvalue weighted by molar-refractivity contribution is 7.90. The van der Waals surface area contributed by atoms with Crippen molar-refractivity contribution in [3.63, 3.8) is 0 Å². The number of piperidine rings is 1. The van der Waals surface area contributed by atoms with Crippen LogP contribution in [0, 0.1) is 5.92 Å². The summed E-state index contributed by atoms with van der Waals surface area (Å²) < 4.78 is 24.5. The fourth-order valence-electron chi connectivity index (χ4n) is 3.47. The lowest BCUT2D eigenvalue weighted by Gasteiger charge is -2.42. The van der Waals surface area contributed by atoms with Crippen LogP contribution in [0.2, 0.25) is 0 Å². The highest BCUT2D eigenvalue weighted by atomic mass is 32.2. The molecule has 6 heteroatoms. The second-order valence-electron chi connectivity index (χ2n) is 6.09. The summed E-state index contributed by atoms with van der Waals surface area (Å²) >= 11 is 0. The molecule has 0 aliphatic carbocycles. The maximum absolute atomic E-state index is 11.9.